The molecular formula is C18H26ClN5O3S. The Kier molecular flexibility index (Phi) is 7.45. The number of nitrogens with one attached hydrogen (secondary N) is 1. The molecule has 0 spiro atoms. The third kappa shape index (κ3) is 5.46. The van der Waals surface area contributed by atoms with Crippen LogP contribution in [-0.4, -0.2) is 48.1 Å². The molecule has 8 nitrogen and oxygen atoms in total. The molecule has 1 aromatic heterocycles. The van der Waals surface area contributed by atoms with Crippen LogP contribution in [0.25, 0.3) is 0 Å². The molecule has 3 rings (SSSR count). The van der Waals surface area contributed by atoms with Crippen LogP contribution in [0, 0.1) is 0 Å². The van der Waals surface area contributed by atoms with Crippen LogP contribution < -0.4 is 10.5 Å². The van der Waals surface area contributed by atoms with Crippen LogP contribution in [0.1, 0.15) is 31.4 Å². The lowest BCUT2D eigenvalue weighted by atomic mass is 10.0. The number of aromatic nitrogens is 2. The standard InChI is InChI=1S/C18H25N5O3S.ClH/c1-14(19)18(24)22-11-8-16(9-12-22)23-17(7-10-20-23)21-27(25,26)13-15-5-3-2-4-6-15;/h2-7,10,14,16,21H,8-9,11-13,19H2,1H3;1H/t14-;/m0./s1. The van der Waals surface area contributed by atoms with Crippen LogP contribution in [0.15, 0.2) is 42.6 Å². The number of rotatable bonds is 6. The highest BCUT2D eigenvalue weighted by Gasteiger charge is 2.27. The lowest BCUT2D eigenvalue weighted by Gasteiger charge is -2.33. The molecule has 3 N–H and O–H groups in total. The number of sulfonamides is 1. The van der Waals surface area contributed by atoms with Gasteiger partial charge in [0.05, 0.1) is 24.0 Å². The van der Waals surface area contributed by atoms with E-state index in [4.69, 9.17) is 5.73 Å². The Morgan fingerprint density at radius 3 is 2.50 bits per heavy atom. The van der Waals surface area contributed by atoms with Crippen LogP contribution in [0.5, 0.6) is 0 Å². The summed E-state index contributed by atoms with van der Waals surface area (Å²) in [7, 11) is -3.55. The zero-order valence-corrected chi connectivity index (χ0v) is 17.3. The number of carbonyl (C=O) groups is 1. The van der Waals surface area contributed by atoms with Crippen molar-refractivity contribution in [1.29, 1.82) is 0 Å². The number of hydrogen-bond donors (Lipinski definition) is 2. The second-order valence-corrected chi connectivity index (χ2v) is 8.58. The first-order valence-electron chi connectivity index (χ1n) is 8.98. The summed E-state index contributed by atoms with van der Waals surface area (Å²) in [6.07, 6.45) is 2.99. The fourth-order valence-electron chi connectivity index (χ4n) is 3.29. The predicted molar refractivity (Wildman–Crippen MR) is 111 cm³/mol. The summed E-state index contributed by atoms with van der Waals surface area (Å²) in [5.41, 5.74) is 6.39. The summed E-state index contributed by atoms with van der Waals surface area (Å²) in [6.45, 7) is 2.85. The lowest BCUT2D eigenvalue weighted by Crippen LogP contribution is -2.46. The molecule has 1 aliphatic heterocycles. The Balaban J connectivity index is 0.00000280. The van der Waals surface area contributed by atoms with E-state index in [1.54, 1.807) is 40.9 Å². The van der Waals surface area contributed by atoms with Crippen LogP contribution >= 0.6 is 12.4 Å². The maximum Gasteiger partial charge on any atom is 0.239 e. The Morgan fingerprint density at radius 2 is 1.89 bits per heavy atom. The van der Waals surface area contributed by atoms with Crippen molar-refractivity contribution in [1.82, 2.24) is 14.7 Å². The minimum absolute atomic E-state index is 0. The van der Waals surface area contributed by atoms with Crippen molar-refractivity contribution in [3.63, 3.8) is 0 Å². The van der Waals surface area contributed by atoms with Crippen molar-refractivity contribution in [3.8, 4) is 0 Å². The highest BCUT2D eigenvalue weighted by molar-refractivity contribution is 7.91. The number of halogens is 1. The molecule has 1 atom stereocenters. The van der Waals surface area contributed by atoms with Crippen molar-refractivity contribution in [3.05, 3.63) is 48.2 Å². The third-order valence-corrected chi connectivity index (χ3v) is 5.87. The first-order chi connectivity index (χ1) is 12.9. The van der Waals surface area contributed by atoms with Gasteiger partial charge in [-0.15, -0.1) is 12.4 Å². The van der Waals surface area contributed by atoms with Gasteiger partial charge in [-0.05, 0) is 25.3 Å². The molecule has 0 unspecified atom stereocenters. The molecule has 0 bridgehead atoms. The topological polar surface area (TPSA) is 110 Å². The van der Waals surface area contributed by atoms with Gasteiger partial charge in [0.15, 0.2) is 0 Å². The highest BCUT2D eigenvalue weighted by atomic mass is 35.5. The van der Waals surface area contributed by atoms with Gasteiger partial charge in [-0.3, -0.25) is 9.52 Å². The first kappa shape index (κ1) is 22.2. The van der Waals surface area contributed by atoms with Gasteiger partial charge in [-0.25, -0.2) is 13.1 Å². The van der Waals surface area contributed by atoms with Crippen molar-refractivity contribution >= 4 is 34.2 Å². The predicted octanol–water partition coefficient (Wildman–Crippen LogP) is 1.76. The quantitative estimate of drug-likeness (QED) is 0.729. The van der Waals surface area contributed by atoms with Crippen molar-refractivity contribution in [2.75, 3.05) is 17.8 Å². The Hall–Kier alpha value is -2.10. The molecule has 0 radical (unpaired) electrons. The minimum atomic E-state index is -3.55. The Labute approximate surface area is 171 Å². The number of amides is 1. The van der Waals surface area contributed by atoms with E-state index in [9.17, 15) is 13.2 Å². The van der Waals surface area contributed by atoms with Gasteiger partial charge in [0.25, 0.3) is 0 Å². The number of benzene rings is 1. The Bertz CT molecular complexity index is 878. The summed E-state index contributed by atoms with van der Waals surface area (Å²) in [6, 6.07) is 10.2. The first-order valence-corrected chi connectivity index (χ1v) is 10.6. The van der Waals surface area contributed by atoms with Crippen LogP contribution in [0.4, 0.5) is 5.82 Å². The minimum Gasteiger partial charge on any atom is -0.341 e. The number of likely N-dealkylation sites (tertiary alicyclic amines) is 1. The second kappa shape index (κ2) is 9.40. The maximum atomic E-state index is 12.5. The van der Waals surface area contributed by atoms with E-state index in [0.29, 0.717) is 31.7 Å². The zero-order chi connectivity index (χ0) is 19.4. The van der Waals surface area contributed by atoms with Crippen molar-refractivity contribution in [2.45, 2.75) is 37.6 Å². The van der Waals surface area contributed by atoms with E-state index in [2.05, 4.69) is 9.82 Å². The largest absolute Gasteiger partial charge is 0.341 e. The van der Waals surface area contributed by atoms with E-state index in [0.717, 1.165) is 5.56 Å². The molecule has 10 heteroatoms. The molecular weight excluding hydrogens is 402 g/mol. The molecule has 1 fully saturated rings. The van der Waals surface area contributed by atoms with Crippen molar-refractivity contribution in [2.24, 2.45) is 5.73 Å². The number of carbonyl (C=O) groups excluding carboxylic acids is 1. The SMILES string of the molecule is C[C@H](N)C(=O)N1CCC(n2nccc2NS(=O)(=O)Cc2ccccc2)CC1.Cl. The fraction of sp³-hybridized carbons (Fsp3) is 0.444. The number of piperidine rings is 1. The molecule has 154 valence electrons. The molecule has 1 aliphatic rings. The van der Waals surface area contributed by atoms with Gasteiger partial charge in [0, 0.05) is 19.2 Å². The summed E-state index contributed by atoms with van der Waals surface area (Å²) >= 11 is 0. The molecule has 1 saturated heterocycles. The molecule has 1 amide bonds. The highest BCUT2D eigenvalue weighted by Crippen LogP contribution is 2.26. The molecule has 0 saturated carbocycles. The van der Waals surface area contributed by atoms with E-state index < -0.39 is 16.1 Å². The fourth-order valence-corrected chi connectivity index (χ4v) is 4.48. The molecule has 0 aliphatic carbocycles. The van der Waals surface area contributed by atoms with Crippen molar-refractivity contribution < 1.29 is 13.2 Å². The van der Waals surface area contributed by atoms with Gasteiger partial charge in [0.1, 0.15) is 5.82 Å². The zero-order valence-electron chi connectivity index (χ0n) is 15.7. The Morgan fingerprint density at radius 1 is 1.25 bits per heavy atom. The molecule has 2 aromatic rings. The summed E-state index contributed by atoms with van der Waals surface area (Å²) in [5, 5.41) is 4.30. The number of nitrogens with zero attached hydrogens (tertiary/aromatic N) is 3. The van der Waals surface area contributed by atoms with E-state index in [1.807, 2.05) is 18.2 Å². The van der Waals surface area contributed by atoms with Crippen LogP contribution in [0.2, 0.25) is 0 Å². The molecule has 2 heterocycles. The monoisotopic (exact) mass is 427 g/mol. The number of hydrogen-bond acceptors (Lipinski definition) is 5. The van der Waals surface area contributed by atoms with E-state index in [-0.39, 0.29) is 30.1 Å². The average molecular weight is 428 g/mol. The van der Waals surface area contributed by atoms with Gasteiger partial charge in [-0.2, -0.15) is 5.10 Å². The van der Waals surface area contributed by atoms with Crippen LogP contribution in [0.3, 0.4) is 0 Å². The third-order valence-electron chi connectivity index (χ3n) is 4.64. The number of anilines is 1. The second-order valence-electron chi connectivity index (χ2n) is 6.85. The van der Waals surface area contributed by atoms with Gasteiger partial charge >= 0.3 is 0 Å². The maximum absolute atomic E-state index is 12.5. The lowest BCUT2D eigenvalue weighted by molar-refractivity contribution is -0.133. The molecule has 28 heavy (non-hydrogen) atoms. The molecule has 1 aromatic carbocycles. The van der Waals surface area contributed by atoms with Crippen LogP contribution in [-0.2, 0) is 20.6 Å². The smallest absolute Gasteiger partial charge is 0.239 e. The number of nitrogens with two attached hydrogens (primary N) is 1. The van der Waals surface area contributed by atoms with Gasteiger partial charge in [-0.1, -0.05) is 30.3 Å². The van der Waals surface area contributed by atoms with E-state index >= 15 is 0 Å². The summed E-state index contributed by atoms with van der Waals surface area (Å²) in [5.74, 6) is 0.293. The summed E-state index contributed by atoms with van der Waals surface area (Å²) in [4.78, 5) is 13.8. The normalized spacial score (nSPS) is 16.3. The van der Waals surface area contributed by atoms with Gasteiger partial charge in [0.2, 0.25) is 15.9 Å². The van der Waals surface area contributed by atoms with Gasteiger partial charge < -0.3 is 10.6 Å². The van der Waals surface area contributed by atoms with E-state index in [1.165, 1.54) is 0 Å². The summed E-state index contributed by atoms with van der Waals surface area (Å²) < 4.78 is 29.3. The average Bonchev–Trinajstić information content (AvgIpc) is 3.08.